The van der Waals surface area contributed by atoms with Crippen molar-refractivity contribution >= 4 is 44.2 Å². The highest BCUT2D eigenvalue weighted by atomic mass is 35.5. The molecular formula is C25H19ClN2OS. The van der Waals surface area contributed by atoms with Gasteiger partial charge in [0.1, 0.15) is 0 Å². The summed E-state index contributed by atoms with van der Waals surface area (Å²) in [6.07, 6.45) is 0.800. The molecule has 0 radical (unpaired) electrons. The summed E-state index contributed by atoms with van der Waals surface area (Å²) in [5.74, 6) is 0.317. The average Bonchev–Trinajstić information content (AvgIpc) is 3.15. The van der Waals surface area contributed by atoms with Gasteiger partial charge in [0, 0.05) is 16.9 Å². The van der Waals surface area contributed by atoms with Gasteiger partial charge in [-0.25, -0.2) is 4.98 Å². The van der Waals surface area contributed by atoms with Gasteiger partial charge in [-0.05, 0) is 53.8 Å². The number of benzene rings is 3. The molecule has 3 aromatic carbocycles. The average molecular weight is 431 g/mol. The highest BCUT2D eigenvalue weighted by molar-refractivity contribution is 7.22. The quantitative estimate of drug-likeness (QED) is 0.390. The van der Waals surface area contributed by atoms with Crippen molar-refractivity contribution in [2.24, 2.45) is 5.41 Å². The van der Waals surface area contributed by atoms with Crippen LogP contribution in [0.3, 0.4) is 0 Å². The number of carbonyl (C=O) groups excluding carboxylic acids is 1. The number of halogens is 1. The van der Waals surface area contributed by atoms with E-state index < -0.39 is 5.41 Å². The minimum atomic E-state index is -0.539. The molecule has 0 saturated carbocycles. The van der Waals surface area contributed by atoms with Crippen LogP contribution in [-0.4, -0.2) is 10.9 Å². The van der Waals surface area contributed by atoms with Crippen LogP contribution in [0.2, 0.25) is 5.02 Å². The fraction of sp³-hybridized carbons (Fsp3) is 0.200. The number of rotatable bonds is 2. The summed E-state index contributed by atoms with van der Waals surface area (Å²) < 4.78 is 0.976. The van der Waals surface area contributed by atoms with E-state index in [1.54, 1.807) is 0 Å². The van der Waals surface area contributed by atoms with Crippen LogP contribution in [0.15, 0.2) is 66.7 Å². The molecule has 1 N–H and O–H groups in total. The van der Waals surface area contributed by atoms with Crippen molar-refractivity contribution in [2.75, 3.05) is 5.32 Å². The molecule has 3 aliphatic carbocycles. The van der Waals surface area contributed by atoms with Gasteiger partial charge in [-0.15, -0.1) is 0 Å². The third kappa shape index (κ3) is 2.50. The van der Waals surface area contributed by atoms with Crippen LogP contribution in [0.4, 0.5) is 5.13 Å². The van der Waals surface area contributed by atoms with Crippen LogP contribution in [-0.2, 0) is 4.79 Å². The predicted molar refractivity (Wildman–Crippen MR) is 123 cm³/mol. The van der Waals surface area contributed by atoms with Crippen molar-refractivity contribution < 1.29 is 4.79 Å². The molecule has 0 fully saturated rings. The van der Waals surface area contributed by atoms with Gasteiger partial charge in [0.2, 0.25) is 5.91 Å². The summed E-state index contributed by atoms with van der Waals surface area (Å²) in [5.41, 5.74) is 5.60. The second kappa shape index (κ2) is 6.40. The first-order valence-corrected chi connectivity index (χ1v) is 11.3. The van der Waals surface area contributed by atoms with E-state index in [-0.39, 0.29) is 17.7 Å². The standard InChI is InChI=1S/C25H19ClN2OS/c1-25(23(29)28-24-27-20-11-10-14(26)12-21(20)30-24)13-19-15-6-2-4-8-17(15)22(25)18-9-5-3-7-16(18)19/h2-12,19,22H,13H2,1H3,(H,27,28,29)/t19?,22?,25-/m1/s1. The summed E-state index contributed by atoms with van der Waals surface area (Å²) in [6.45, 7) is 2.11. The zero-order chi connectivity index (χ0) is 20.5. The Labute approximate surface area is 183 Å². The monoisotopic (exact) mass is 430 g/mol. The van der Waals surface area contributed by atoms with E-state index in [4.69, 9.17) is 11.6 Å². The Balaban J connectivity index is 1.42. The first-order valence-electron chi connectivity index (χ1n) is 10.1. The van der Waals surface area contributed by atoms with Crippen LogP contribution < -0.4 is 5.32 Å². The molecule has 1 amide bonds. The molecule has 2 bridgehead atoms. The van der Waals surface area contributed by atoms with Gasteiger partial charge in [-0.3, -0.25) is 4.79 Å². The lowest BCUT2D eigenvalue weighted by Gasteiger charge is -2.50. The largest absolute Gasteiger partial charge is 0.301 e. The number of aromatic nitrogens is 1. The van der Waals surface area contributed by atoms with Crippen LogP contribution in [0.1, 0.15) is 47.4 Å². The molecule has 5 heteroatoms. The Kier molecular flexibility index (Phi) is 3.86. The molecule has 7 rings (SSSR count). The molecule has 148 valence electrons. The third-order valence-corrected chi connectivity index (χ3v) is 7.89. The summed E-state index contributed by atoms with van der Waals surface area (Å²) in [7, 11) is 0. The minimum Gasteiger partial charge on any atom is -0.301 e. The molecular weight excluding hydrogens is 412 g/mol. The Morgan fingerprint density at radius 2 is 1.67 bits per heavy atom. The van der Waals surface area contributed by atoms with Crippen LogP contribution in [0.25, 0.3) is 10.2 Å². The van der Waals surface area contributed by atoms with E-state index in [2.05, 4.69) is 65.8 Å². The molecule has 3 nitrogen and oxygen atoms in total. The first kappa shape index (κ1) is 18.1. The molecule has 0 saturated heterocycles. The summed E-state index contributed by atoms with van der Waals surface area (Å²) >= 11 is 7.57. The van der Waals surface area contributed by atoms with Crippen LogP contribution in [0, 0.1) is 5.41 Å². The SMILES string of the molecule is C[C@@]1(C(=O)Nc2nc3ccc(Cl)cc3s2)CC2c3ccccc3C1c1ccccc12. The van der Waals surface area contributed by atoms with Gasteiger partial charge in [0.15, 0.2) is 5.13 Å². The van der Waals surface area contributed by atoms with Crippen LogP contribution >= 0.6 is 22.9 Å². The highest BCUT2D eigenvalue weighted by Crippen LogP contribution is 2.61. The second-order valence-electron chi connectivity index (χ2n) is 8.45. The van der Waals surface area contributed by atoms with Gasteiger partial charge in [-0.2, -0.15) is 0 Å². The smallest absolute Gasteiger partial charge is 0.233 e. The fourth-order valence-electron chi connectivity index (χ4n) is 5.38. The highest BCUT2D eigenvalue weighted by Gasteiger charge is 2.53. The normalized spacial score (nSPS) is 23.8. The Morgan fingerprint density at radius 3 is 2.33 bits per heavy atom. The zero-order valence-electron chi connectivity index (χ0n) is 16.4. The number of carbonyl (C=O) groups is 1. The summed E-state index contributed by atoms with van der Waals surface area (Å²) in [6, 6.07) is 22.8. The molecule has 1 atom stereocenters. The first-order chi connectivity index (χ1) is 14.5. The molecule has 0 unspecified atom stereocenters. The van der Waals surface area contributed by atoms with Crippen molar-refractivity contribution in [1.82, 2.24) is 4.98 Å². The number of fused-ring (bicyclic) bond motifs is 2. The van der Waals surface area contributed by atoms with Crippen molar-refractivity contribution in [3.8, 4) is 0 Å². The number of hydrogen-bond acceptors (Lipinski definition) is 3. The number of anilines is 1. The summed E-state index contributed by atoms with van der Waals surface area (Å²) in [5, 5.41) is 4.43. The van der Waals surface area contributed by atoms with Gasteiger partial charge in [0.05, 0.1) is 15.6 Å². The fourth-order valence-corrected chi connectivity index (χ4v) is 6.52. The van der Waals surface area contributed by atoms with E-state index >= 15 is 0 Å². The maximum absolute atomic E-state index is 13.7. The van der Waals surface area contributed by atoms with Crippen molar-refractivity contribution in [2.45, 2.75) is 25.2 Å². The van der Waals surface area contributed by atoms with Gasteiger partial charge < -0.3 is 5.32 Å². The van der Waals surface area contributed by atoms with E-state index in [1.165, 1.54) is 33.6 Å². The molecule has 4 aromatic rings. The molecule has 0 spiro atoms. The van der Waals surface area contributed by atoms with Gasteiger partial charge in [-0.1, -0.05) is 71.5 Å². The predicted octanol–water partition coefficient (Wildman–Crippen LogP) is 6.58. The maximum Gasteiger partial charge on any atom is 0.233 e. The zero-order valence-corrected chi connectivity index (χ0v) is 17.9. The lowest BCUT2D eigenvalue weighted by molar-refractivity contribution is -0.126. The number of amides is 1. The number of nitrogens with zero attached hydrogens (tertiary/aromatic N) is 1. The Bertz CT molecular complexity index is 1280. The van der Waals surface area contributed by atoms with E-state index in [1.807, 2.05) is 18.2 Å². The van der Waals surface area contributed by atoms with Gasteiger partial charge in [0.25, 0.3) is 0 Å². The van der Waals surface area contributed by atoms with E-state index in [0.29, 0.717) is 10.2 Å². The summed E-state index contributed by atoms with van der Waals surface area (Å²) in [4.78, 5) is 18.3. The Hall–Kier alpha value is -2.69. The second-order valence-corrected chi connectivity index (χ2v) is 9.92. The van der Waals surface area contributed by atoms with E-state index in [9.17, 15) is 4.79 Å². The Morgan fingerprint density at radius 1 is 1.03 bits per heavy atom. The van der Waals surface area contributed by atoms with Crippen LogP contribution in [0.5, 0.6) is 0 Å². The number of nitrogens with one attached hydrogen (secondary N) is 1. The van der Waals surface area contributed by atoms with E-state index in [0.717, 1.165) is 16.6 Å². The number of hydrogen-bond donors (Lipinski definition) is 1. The maximum atomic E-state index is 13.7. The topological polar surface area (TPSA) is 42.0 Å². The molecule has 3 aliphatic rings. The third-order valence-electron chi connectivity index (χ3n) is 6.72. The van der Waals surface area contributed by atoms with Gasteiger partial charge >= 0.3 is 0 Å². The van der Waals surface area contributed by atoms with Crippen molar-refractivity contribution in [3.05, 3.63) is 94.0 Å². The van der Waals surface area contributed by atoms with Crippen molar-refractivity contribution in [3.63, 3.8) is 0 Å². The van der Waals surface area contributed by atoms with Crippen molar-refractivity contribution in [1.29, 1.82) is 0 Å². The molecule has 30 heavy (non-hydrogen) atoms. The lowest BCUT2D eigenvalue weighted by atomic mass is 9.52. The molecule has 1 aromatic heterocycles. The minimum absolute atomic E-state index is 0.0339. The number of thiazole rings is 1. The molecule has 0 aliphatic heterocycles. The molecule has 1 heterocycles. The lowest BCUT2D eigenvalue weighted by Crippen LogP contribution is -2.47.